The Labute approximate surface area is 126 Å². The highest BCUT2D eigenvalue weighted by Gasteiger charge is 2.22. The van der Waals surface area contributed by atoms with Crippen LogP contribution in [0.3, 0.4) is 0 Å². The minimum absolute atomic E-state index is 0.547. The Bertz CT molecular complexity index is 422. The van der Waals surface area contributed by atoms with E-state index in [1.807, 2.05) is 19.9 Å². The molecule has 1 heterocycles. The maximum atomic E-state index is 5.99. The molecule has 0 radical (unpaired) electrons. The number of halogens is 1. The summed E-state index contributed by atoms with van der Waals surface area (Å²) in [6, 6.07) is 2.49. The number of ether oxygens (including phenoxy) is 1. The van der Waals surface area contributed by atoms with E-state index in [2.05, 4.69) is 14.9 Å². The van der Waals surface area contributed by atoms with Gasteiger partial charge in [0.1, 0.15) is 11.6 Å². The lowest BCUT2D eigenvalue weighted by atomic mass is 9.94. The van der Waals surface area contributed by atoms with Crippen LogP contribution in [-0.2, 0) is 0 Å². The predicted molar refractivity (Wildman–Crippen MR) is 82.9 cm³/mol. The molecule has 0 saturated heterocycles. The number of hydrogen-bond donors (Lipinski definition) is 0. The van der Waals surface area contributed by atoms with E-state index in [9.17, 15) is 0 Å². The summed E-state index contributed by atoms with van der Waals surface area (Å²) in [5, 5.41) is 0. The van der Waals surface area contributed by atoms with E-state index in [0.717, 1.165) is 18.2 Å². The first kappa shape index (κ1) is 15.4. The molecule has 0 spiro atoms. The maximum Gasteiger partial charge on any atom is 0.218 e. The van der Waals surface area contributed by atoms with Gasteiger partial charge in [-0.2, -0.15) is 4.98 Å². The van der Waals surface area contributed by atoms with Crippen molar-refractivity contribution in [1.29, 1.82) is 0 Å². The van der Waals surface area contributed by atoms with Gasteiger partial charge in [0, 0.05) is 24.5 Å². The van der Waals surface area contributed by atoms with Gasteiger partial charge in [-0.1, -0.05) is 19.3 Å². The van der Waals surface area contributed by atoms with Crippen molar-refractivity contribution in [2.24, 2.45) is 0 Å². The third-order valence-electron chi connectivity index (χ3n) is 3.73. The molecule has 0 N–H and O–H groups in total. The highest BCUT2D eigenvalue weighted by Crippen LogP contribution is 2.27. The highest BCUT2D eigenvalue weighted by molar-refractivity contribution is 6.18. The van der Waals surface area contributed by atoms with Crippen LogP contribution < -0.4 is 9.64 Å². The van der Waals surface area contributed by atoms with E-state index in [-0.39, 0.29) is 0 Å². The molecule has 0 aromatic carbocycles. The minimum atomic E-state index is 0.547. The van der Waals surface area contributed by atoms with E-state index in [1.165, 1.54) is 32.1 Å². The smallest absolute Gasteiger partial charge is 0.218 e. The van der Waals surface area contributed by atoms with E-state index in [0.29, 0.717) is 24.4 Å². The maximum absolute atomic E-state index is 5.99. The van der Waals surface area contributed by atoms with Crippen molar-refractivity contribution in [2.45, 2.75) is 52.0 Å². The molecule has 2 rings (SSSR count). The SMILES string of the molecule is CCOc1cc(N(CCCl)C2CCCCC2)nc(C)n1. The molecule has 0 aliphatic heterocycles. The molecule has 0 amide bonds. The third-order valence-corrected chi connectivity index (χ3v) is 3.90. The summed E-state index contributed by atoms with van der Waals surface area (Å²) in [6.45, 7) is 5.32. The Morgan fingerprint density at radius 1 is 1.30 bits per heavy atom. The second kappa shape index (κ2) is 7.67. The molecule has 1 fully saturated rings. The normalized spacial score (nSPS) is 16.1. The Balaban J connectivity index is 2.22. The summed E-state index contributed by atoms with van der Waals surface area (Å²) in [6.07, 6.45) is 6.39. The Morgan fingerprint density at radius 2 is 2.05 bits per heavy atom. The summed E-state index contributed by atoms with van der Waals surface area (Å²) >= 11 is 5.99. The molecule has 1 aliphatic carbocycles. The molecule has 1 aliphatic rings. The number of aromatic nitrogens is 2. The first-order valence-corrected chi connectivity index (χ1v) is 8.09. The van der Waals surface area contributed by atoms with E-state index < -0.39 is 0 Å². The molecular formula is C15H24ClN3O. The van der Waals surface area contributed by atoms with Crippen LogP contribution >= 0.6 is 11.6 Å². The summed E-state index contributed by atoms with van der Waals surface area (Å²) in [4.78, 5) is 11.2. The fourth-order valence-corrected chi connectivity index (χ4v) is 3.04. The van der Waals surface area contributed by atoms with Crippen molar-refractivity contribution in [3.63, 3.8) is 0 Å². The van der Waals surface area contributed by atoms with Gasteiger partial charge in [-0.15, -0.1) is 11.6 Å². The third kappa shape index (κ3) is 3.98. The van der Waals surface area contributed by atoms with Crippen molar-refractivity contribution in [3.8, 4) is 5.88 Å². The Morgan fingerprint density at radius 3 is 2.70 bits per heavy atom. The van der Waals surface area contributed by atoms with Crippen LogP contribution in [0.5, 0.6) is 5.88 Å². The van der Waals surface area contributed by atoms with Gasteiger partial charge in [0.15, 0.2) is 0 Å². The fourth-order valence-electron chi connectivity index (χ4n) is 2.86. The van der Waals surface area contributed by atoms with Gasteiger partial charge >= 0.3 is 0 Å². The van der Waals surface area contributed by atoms with Gasteiger partial charge in [0.05, 0.1) is 6.61 Å². The number of alkyl halides is 1. The van der Waals surface area contributed by atoms with Crippen molar-refractivity contribution in [2.75, 3.05) is 23.9 Å². The molecule has 20 heavy (non-hydrogen) atoms. The standard InChI is InChI=1S/C15H24ClN3O/c1-3-20-15-11-14(17-12(2)18-15)19(10-9-16)13-7-5-4-6-8-13/h11,13H,3-10H2,1-2H3. The van der Waals surface area contributed by atoms with Crippen LogP contribution in [0.15, 0.2) is 6.07 Å². The van der Waals surface area contributed by atoms with Gasteiger partial charge in [-0.05, 0) is 26.7 Å². The van der Waals surface area contributed by atoms with Crippen LogP contribution in [-0.4, -0.2) is 35.0 Å². The molecule has 112 valence electrons. The Kier molecular flexibility index (Phi) is 5.89. The van der Waals surface area contributed by atoms with Gasteiger partial charge in [-0.3, -0.25) is 0 Å². The fraction of sp³-hybridized carbons (Fsp3) is 0.733. The van der Waals surface area contributed by atoms with Crippen molar-refractivity contribution < 1.29 is 4.74 Å². The zero-order valence-corrected chi connectivity index (χ0v) is 13.2. The monoisotopic (exact) mass is 297 g/mol. The van der Waals surface area contributed by atoms with E-state index in [1.54, 1.807) is 0 Å². The molecule has 1 saturated carbocycles. The Hall–Kier alpha value is -1.03. The number of rotatable bonds is 6. The van der Waals surface area contributed by atoms with Crippen molar-refractivity contribution >= 4 is 17.4 Å². The van der Waals surface area contributed by atoms with E-state index >= 15 is 0 Å². The lowest BCUT2D eigenvalue weighted by Crippen LogP contribution is -2.39. The minimum Gasteiger partial charge on any atom is -0.478 e. The lowest BCUT2D eigenvalue weighted by Gasteiger charge is -2.35. The predicted octanol–water partition coefficient (Wildman–Crippen LogP) is 3.56. The molecule has 0 bridgehead atoms. The van der Waals surface area contributed by atoms with Crippen LogP contribution in [0.2, 0.25) is 0 Å². The zero-order valence-electron chi connectivity index (χ0n) is 12.4. The summed E-state index contributed by atoms with van der Waals surface area (Å²) in [7, 11) is 0. The summed E-state index contributed by atoms with van der Waals surface area (Å²) in [5.41, 5.74) is 0. The van der Waals surface area contributed by atoms with Crippen LogP contribution in [0.4, 0.5) is 5.82 Å². The topological polar surface area (TPSA) is 38.2 Å². The number of nitrogens with zero attached hydrogens (tertiary/aromatic N) is 3. The van der Waals surface area contributed by atoms with Gasteiger partial charge in [-0.25, -0.2) is 4.98 Å². The van der Waals surface area contributed by atoms with Gasteiger partial charge in [0.2, 0.25) is 5.88 Å². The second-order valence-electron chi connectivity index (χ2n) is 5.22. The zero-order chi connectivity index (χ0) is 14.4. The number of aryl methyl sites for hydroxylation is 1. The summed E-state index contributed by atoms with van der Waals surface area (Å²) in [5.74, 6) is 2.98. The van der Waals surface area contributed by atoms with Crippen LogP contribution in [0, 0.1) is 6.92 Å². The van der Waals surface area contributed by atoms with Crippen molar-refractivity contribution in [1.82, 2.24) is 9.97 Å². The van der Waals surface area contributed by atoms with Crippen LogP contribution in [0.1, 0.15) is 44.9 Å². The quantitative estimate of drug-likeness (QED) is 0.753. The highest BCUT2D eigenvalue weighted by atomic mass is 35.5. The molecular weight excluding hydrogens is 274 g/mol. The summed E-state index contributed by atoms with van der Waals surface area (Å²) < 4.78 is 5.53. The largest absolute Gasteiger partial charge is 0.478 e. The molecule has 1 aromatic rings. The van der Waals surface area contributed by atoms with Gasteiger partial charge in [0.25, 0.3) is 0 Å². The van der Waals surface area contributed by atoms with Crippen molar-refractivity contribution in [3.05, 3.63) is 11.9 Å². The van der Waals surface area contributed by atoms with E-state index in [4.69, 9.17) is 16.3 Å². The molecule has 4 nitrogen and oxygen atoms in total. The first-order chi connectivity index (χ1) is 9.74. The molecule has 1 aromatic heterocycles. The van der Waals surface area contributed by atoms with Gasteiger partial charge < -0.3 is 9.64 Å². The number of hydrogen-bond acceptors (Lipinski definition) is 4. The number of anilines is 1. The lowest BCUT2D eigenvalue weighted by molar-refractivity contribution is 0.325. The average molecular weight is 298 g/mol. The van der Waals surface area contributed by atoms with Crippen LogP contribution in [0.25, 0.3) is 0 Å². The average Bonchev–Trinajstić information content (AvgIpc) is 2.45. The first-order valence-electron chi connectivity index (χ1n) is 7.55. The molecule has 0 unspecified atom stereocenters. The molecule has 0 atom stereocenters. The molecule has 5 heteroatoms. The second-order valence-corrected chi connectivity index (χ2v) is 5.60.